The molecule has 0 radical (unpaired) electrons. The third-order valence-corrected chi connectivity index (χ3v) is 16.7. The standard InChI is InChI=1S/C60H95N11O9S/c1-14-39(8)52(47(79-12)35-48(72)71-31-19-23-46(71)53(80-13)40(9)54(73)67-45(58-63-30-33-81-58)34-42-20-16-15-17-21-42)70(11)59(77)50(37(4)5)68-57(76)51(38(6)7)69(10)32-28-41-24-26-43(27-25-41)65-55(74)44(22-18-29-64-60(62)78)66-56(75)49(61)36(2)3/h15-17,20-21,24-27,30,33,36-40,44-47,49-53H,14,18-19,22-23,28-29,31-32,34-35,61H2,1-13H3,(H,65,74)(H,66,75)(H,67,73)(H,68,76)(H3,62,64,78)/t39-,40+,44-,45-,46-,47+,49-,50-,51-,52-,53+/m0/s1. The van der Waals surface area contributed by atoms with Gasteiger partial charge in [0.1, 0.15) is 17.1 Å². The van der Waals surface area contributed by atoms with Crippen molar-refractivity contribution < 1.29 is 43.0 Å². The molecule has 1 saturated heterocycles. The Morgan fingerprint density at radius 1 is 0.815 bits per heavy atom. The number of nitrogens with two attached hydrogens (primary N) is 2. The van der Waals surface area contributed by atoms with Gasteiger partial charge in [0.25, 0.3) is 0 Å². The van der Waals surface area contributed by atoms with Crippen molar-refractivity contribution in [2.24, 2.45) is 41.1 Å². The molecule has 0 unspecified atom stereocenters. The fourth-order valence-corrected chi connectivity index (χ4v) is 11.5. The second-order valence-corrected chi connectivity index (χ2v) is 23.7. The third kappa shape index (κ3) is 19.9. The first-order valence-corrected chi connectivity index (χ1v) is 29.7. The number of primary amides is 1. The number of likely N-dealkylation sites (tertiary alicyclic amines) is 1. The van der Waals surface area contributed by atoms with Gasteiger partial charge in [-0.25, -0.2) is 9.78 Å². The lowest BCUT2D eigenvalue weighted by Crippen LogP contribution is -2.60. The molecule has 0 spiro atoms. The Labute approximate surface area is 485 Å². The first kappa shape index (κ1) is 67.5. The molecule has 1 aliphatic rings. The minimum atomic E-state index is -0.905. The van der Waals surface area contributed by atoms with Gasteiger partial charge in [-0.2, -0.15) is 0 Å². The number of amides is 8. The van der Waals surface area contributed by atoms with Crippen molar-refractivity contribution in [1.29, 1.82) is 0 Å². The normalized spacial score (nSPS) is 17.3. The number of benzene rings is 2. The van der Waals surface area contributed by atoms with E-state index in [2.05, 4.69) is 31.6 Å². The van der Waals surface area contributed by atoms with E-state index in [1.54, 1.807) is 44.5 Å². The van der Waals surface area contributed by atoms with Gasteiger partial charge in [-0.1, -0.05) is 111 Å². The molecule has 1 aliphatic heterocycles. The number of methoxy groups -OCH3 is 2. The Morgan fingerprint density at radius 3 is 2.06 bits per heavy atom. The Morgan fingerprint density at radius 2 is 1.49 bits per heavy atom. The summed E-state index contributed by atoms with van der Waals surface area (Å²) < 4.78 is 12.2. The lowest BCUT2D eigenvalue weighted by molar-refractivity contribution is -0.148. The number of thiazole rings is 1. The van der Waals surface area contributed by atoms with Gasteiger partial charge in [0.2, 0.25) is 35.4 Å². The molecule has 81 heavy (non-hydrogen) atoms. The number of nitrogens with zero attached hydrogens (tertiary/aromatic N) is 4. The van der Waals surface area contributed by atoms with Gasteiger partial charge < -0.3 is 57.3 Å². The van der Waals surface area contributed by atoms with Gasteiger partial charge in [-0.3, -0.25) is 33.7 Å². The molecular weight excluding hydrogens is 1050 g/mol. The minimum Gasteiger partial charge on any atom is -0.379 e. The molecule has 11 atom stereocenters. The Kier molecular flexibility index (Phi) is 27.7. The predicted molar refractivity (Wildman–Crippen MR) is 318 cm³/mol. The van der Waals surface area contributed by atoms with E-state index in [9.17, 15) is 33.6 Å². The number of rotatable bonds is 33. The highest BCUT2D eigenvalue weighted by Crippen LogP contribution is 2.31. The highest BCUT2D eigenvalue weighted by Gasteiger charge is 2.44. The van der Waals surface area contributed by atoms with Crippen molar-refractivity contribution in [3.63, 3.8) is 0 Å². The van der Waals surface area contributed by atoms with Crippen LogP contribution in [0.2, 0.25) is 0 Å². The Hall–Kier alpha value is -6.00. The molecule has 4 rings (SSSR count). The molecule has 21 heteroatoms. The molecule has 1 aromatic heterocycles. The zero-order chi connectivity index (χ0) is 60.1. The zero-order valence-corrected chi connectivity index (χ0v) is 51.1. The molecule has 1 fully saturated rings. The molecule has 2 aromatic carbocycles. The molecule has 0 bridgehead atoms. The summed E-state index contributed by atoms with van der Waals surface area (Å²) in [5.74, 6) is -3.03. The van der Waals surface area contributed by atoms with E-state index >= 15 is 0 Å². The van der Waals surface area contributed by atoms with Gasteiger partial charge in [0, 0.05) is 58.2 Å². The largest absolute Gasteiger partial charge is 0.379 e. The van der Waals surface area contributed by atoms with Crippen LogP contribution in [0.4, 0.5) is 10.5 Å². The number of ether oxygens (including phenoxy) is 2. The Balaban J connectivity index is 1.41. The molecule has 0 saturated carbocycles. The maximum Gasteiger partial charge on any atom is 0.312 e. The number of anilines is 1. The summed E-state index contributed by atoms with van der Waals surface area (Å²) in [6.07, 6.45) is 4.31. The van der Waals surface area contributed by atoms with Crippen molar-refractivity contribution in [3.8, 4) is 0 Å². The van der Waals surface area contributed by atoms with Crippen LogP contribution in [0.15, 0.2) is 66.2 Å². The summed E-state index contributed by atoms with van der Waals surface area (Å²) in [4.78, 5) is 105. The summed E-state index contributed by atoms with van der Waals surface area (Å²) in [5.41, 5.74) is 13.8. The first-order chi connectivity index (χ1) is 38.4. The maximum atomic E-state index is 14.8. The van der Waals surface area contributed by atoms with E-state index in [1.807, 2.05) is 127 Å². The first-order valence-electron chi connectivity index (χ1n) is 28.8. The second-order valence-electron chi connectivity index (χ2n) is 22.8. The molecule has 3 aromatic rings. The van der Waals surface area contributed by atoms with Crippen molar-refractivity contribution >= 4 is 58.5 Å². The van der Waals surface area contributed by atoms with Crippen LogP contribution >= 0.6 is 11.3 Å². The lowest BCUT2D eigenvalue weighted by Gasteiger charge is -2.41. The summed E-state index contributed by atoms with van der Waals surface area (Å²) in [6.45, 7) is 18.5. The van der Waals surface area contributed by atoms with Crippen molar-refractivity contribution in [3.05, 3.63) is 82.3 Å². The predicted octanol–water partition coefficient (Wildman–Crippen LogP) is 5.66. The summed E-state index contributed by atoms with van der Waals surface area (Å²) in [7, 11) is 6.75. The minimum absolute atomic E-state index is 0.0106. The molecule has 9 N–H and O–H groups in total. The van der Waals surface area contributed by atoms with Gasteiger partial charge in [-0.15, -0.1) is 11.3 Å². The van der Waals surface area contributed by atoms with Crippen LogP contribution in [0.5, 0.6) is 0 Å². The number of urea groups is 1. The highest BCUT2D eigenvalue weighted by molar-refractivity contribution is 7.09. The van der Waals surface area contributed by atoms with Gasteiger partial charge in [0.15, 0.2) is 0 Å². The van der Waals surface area contributed by atoms with E-state index in [-0.39, 0.29) is 78.8 Å². The number of carbonyl (C=O) groups excluding carboxylic acids is 7. The number of nitrogens with one attached hydrogen (secondary N) is 5. The Bertz CT molecular complexity index is 2450. The van der Waals surface area contributed by atoms with Crippen LogP contribution in [0.3, 0.4) is 0 Å². The monoisotopic (exact) mass is 1150 g/mol. The van der Waals surface area contributed by atoms with Crippen LogP contribution in [-0.4, -0.2) is 158 Å². The van der Waals surface area contributed by atoms with Crippen molar-refractivity contribution in [2.45, 2.75) is 168 Å². The van der Waals surface area contributed by atoms with Crippen LogP contribution in [0.1, 0.15) is 123 Å². The number of hydrogen-bond donors (Lipinski definition) is 7. The fourth-order valence-electron chi connectivity index (χ4n) is 10.8. The SMILES string of the molecule is CC[C@H](C)[C@@H]([C@@H](CC(=O)N1CCC[C@H]1[C@H](OC)[C@@H](C)C(=O)N[C@@H](Cc1ccccc1)c1nccs1)OC)N(C)C(=O)[C@@H](NC(=O)[C@H](C(C)C)N(C)CCc1ccc(NC(=O)[C@H](CCCNC(N)=O)NC(=O)[C@@H](N)C(C)C)cc1)C(C)C. The van der Waals surface area contributed by atoms with Crippen LogP contribution < -0.4 is 38.1 Å². The number of hydrogen-bond acceptors (Lipinski definition) is 13. The smallest absolute Gasteiger partial charge is 0.312 e. The molecule has 8 amide bonds. The number of aromatic nitrogens is 1. The van der Waals surface area contributed by atoms with E-state index in [4.69, 9.17) is 20.9 Å². The van der Waals surface area contributed by atoms with Crippen LogP contribution in [-0.2, 0) is 51.1 Å². The van der Waals surface area contributed by atoms with Crippen LogP contribution in [0.25, 0.3) is 0 Å². The van der Waals surface area contributed by atoms with Crippen molar-refractivity contribution in [2.75, 3.05) is 53.3 Å². The molecule has 0 aliphatic carbocycles. The molecular formula is C60H95N11O9S. The molecule has 20 nitrogen and oxygen atoms in total. The fraction of sp³-hybridized carbons (Fsp3) is 0.633. The summed E-state index contributed by atoms with van der Waals surface area (Å²) in [5, 5.41) is 17.2. The topological polar surface area (TPSA) is 273 Å². The maximum absolute atomic E-state index is 14.8. The average Bonchev–Trinajstić information content (AvgIpc) is 4.23. The van der Waals surface area contributed by atoms with E-state index < -0.39 is 66.2 Å². The number of likely N-dealkylation sites (N-methyl/N-ethyl adjacent to an activating group) is 2. The van der Waals surface area contributed by atoms with Gasteiger partial charge in [-0.05, 0) is 92.5 Å². The highest BCUT2D eigenvalue weighted by atomic mass is 32.1. The van der Waals surface area contributed by atoms with Gasteiger partial charge >= 0.3 is 6.03 Å². The lowest BCUT2D eigenvalue weighted by atomic mass is 9.89. The average molecular weight is 1150 g/mol. The molecule has 450 valence electrons. The van der Waals surface area contributed by atoms with Gasteiger partial charge in [0.05, 0.1) is 54.8 Å². The summed E-state index contributed by atoms with van der Waals surface area (Å²) in [6, 6.07) is 12.2. The number of carbonyl (C=O) groups is 7. The summed E-state index contributed by atoms with van der Waals surface area (Å²) >= 11 is 1.49. The van der Waals surface area contributed by atoms with Crippen molar-refractivity contribution in [1.82, 2.24) is 41.0 Å². The molecule has 2 heterocycles. The van der Waals surface area contributed by atoms with Crippen LogP contribution in [0, 0.1) is 29.6 Å². The zero-order valence-electron chi connectivity index (χ0n) is 50.2. The third-order valence-electron chi connectivity index (χ3n) is 15.8. The van der Waals surface area contributed by atoms with E-state index in [0.29, 0.717) is 50.9 Å². The second kappa shape index (κ2) is 33.2. The van der Waals surface area contributed by atoms with E-state index in [1.165, 1.54) is 11.3 Å². The van der Waals surface area contributed by atoms with E-state index in [0.717, 1.165) is 22.6 Å². The quantitative estimate of drug-likeness (QED) is 0.0364.